The van der Waals surface area contributed by atoms with Gasteiger partial charge < -0.3 is 19.9 Å². The molecule has 2 heterocycles. The number of aliphatic hydroxyl groups excluding tert-OH is 1. The largest absolute Gasteiger partial charge is 0.485 e. The fourth-order valence-corrected chi connectivity index (χ4v) is 2.27. The first-order chi connectivity index (χ1) is 8.08. The van der Waals surface area contributed by atoms with Gasteiger partial charge in [-0.1, -0.05) is 6.07 Å². The minimum Gasteiger partial charge on any atom is -0.485 e. The molecule has 2 aliphatic heterocycles. The zero-order valence-electron chi connectivity index (χ0n) is 10.1. The van der Waals surface area contributed by atoms with Crippen LogP contribution in [0.5, 0.6) is 11.5 Å². The fourth-order valence-electron chi connectivity index (χ4n) is 2.27. The second kappa shape index (κ2) is 3.53. The van der Waals surface area contributed by atoms with Crippen molar-refractivity contribution in [3.05, 3.63) is 17.7 Å². The molecule has 1 unspecified atom stereocenters. The van der Waals surface area contributed by atoms with Gasteiger partial charge in [-0.05, 0) is 31.9 Å². The molecule has 0 aliphatic carbocycles. The number of anilines is 1. The molecule has 4 heteroatoms. The molecule has 0 bridgehead atoms. The monoisotopic (exact) mass is 235 g/mol. The van der Waals surface area contributed by atoms with E-state index in [9.17, 15) is 5.11 Å². The third-order valence-corrected chi connectivity index (χ3v) is 3.47. The summed E-state index contributed by atoms with van der Waals surface area (Å²) in [5.41, 5.74) is 1.65. The maximum Gasteiger partial charge on any atom is 0.184 e. The smallest absolute Gasteiger partial charge is 0.184 e. The van der Waals surface area contributed by atoms with Gasteiger partial charge in [-0.3, -0.25) is 0 Å². The second-order valence-electron chi connectivity index (χ2n) is 5.14. The summed E-state index contributed by atoms with van der Waals surface area (Å²) in [5, 5.41) is 13.3. The van der Waals surface area contributed by atoms with Crippen LogP contribution in [0.15, 0.2) is 12.1 Å². The first kappa shape index (κ1) is 10.7. The Labute approximate surface area is 101 Å². The Bertz CT molecular complexity index is 456. The highest BCUT2D eigenvalue weighted by molar-refractivity contribution is 5.70. The van der Waals surface area contributed by atoms with E-state index in [0.717, 1.165) is 24.4 Å². The molecule has 0 amide bonds. The summed E-state index contributed by atoms with van der Waals surface area (Å²) in [6, 6.07) is 3.99. The molecule has 2 N–H and O–H groups in total. The SMILES string of the molecule is CC1(C)Oc2ccc3c(c2OCC1O)NCC3. The van der Waals surface area contributed by atoms with Gasteiger partial charge in [-0.15, -0.1) is 0 Å². The van der Waals surface area contributed by atoms with E-state index in [1.165, 1.54) is 5.56 Å². The maximum absolute atomic E-state index is 9.97. The van der Waals surface area contributed by atoms with Gasteiger partial charge in [0.05, 0.1) is 5.69 Å². The van der Waals surface area contributed by atoms with Gasteiger partial charge in [0.15, 0.2) is 11.5 Å². The van der Waals surface area contributed by atoms with E-state index in [-0.39, 0.29) is 6.61 Å². The summed E-state index contributed by atoms with van der Waals surface area (Å²) in [4.78, 5) is 0. The van der Waals surface area contributed by atoms with Crippen molar-refractivity contribution in [1.82, 2.24) is 0 Å². The fraction of sp³-hybridized carbons (Fsp3) is 0.538. The molecule has 0 spiro atoms. The van der Waals surface area contributed by atoms with Gasteiger partial charge in [0.1, 0.15) is 18.3 Å². The van der Waals surface area contributed by atoms with Crippen LogP contribution in [0.2, 0.25) is 0 Å². The van der Waals surface area contributed by atoms with Crippen molar-refractivity contribution in [2.75, 3.05) is 18.5 Å². The molecule has 3 rings (SSSR count). The lowest BCUT2D eigenvalue weighted by atomic mass is 10.0. The maximum atomic E-state index is 9.97. The van der Waals surface area contributed by atoms with E-state index in [1.807, 2.05) is 19.9 Å². The number of hydrogen-bond acceptors (Lipinski definition) is 4. The number of ether oxygens (including phenoxy) is 2. The van der Waals surface area contributed by atoms with Gasteiger partial charge in [0.25, 0.3) is 0 Å². The van der Waals surface area contributed by atoms with Crippen LogP contribution >= 0.6 is 0 Å². The number of fused-ring (bicyclic) bond motifs is 3. The molecule has 0 radical (unpaired) electrons. The number of hydrogen-bond donors (Lipinski definition) is 2. The molecule has 4 nitrogen and oxygen atoms in total. The topological polar surface area (TPSA) is 50.7 Å². The van der Waals surface area contributed by atoms with Gasteiger partial charge in [-0.25, -0.2) is 0 Å². The molecule has 0 saturated carbocycles. The van der Waals surface area contributed by atoms with Gasteiger partial charge in [0.2, 0.25) is 0 Å². The Kier molecular flexibility index (Phi) is 2.23. The van der Waals surface area contributed by atoms with Crippen LogP contribution in [0.3, 0.4) is 0 Å². The molecule has 92 valence electrons. The first-order valence-corrected chi connectivity index (χ1v) is 5.97. The number of nitrogens with one attached hydrogen (secondary N) is 1. The predicted octanol–water partition coefficient (Wildman–Crippen LogP) is 1.57. The van der Waals surface area contributed by atoms with Crippen molar-refractivity contribution in [1.29, 1.82) is 0 Å². The molecule has 0 fully saturated rings. The summed E-state index contributed by atoms with van der Waals surface area (Å²) < 4.78 is 11.6. The normalized spacial score (nSPS) is 24.8. The Morgan fingerprint density at radius 2 is 2.24 bits per heavy atom. The Morgan fingerprint density at radius 1 is 1.41 bits per heavy atom. The molecule has 2 aliphatic rings. The first-order valence-electron chi connectivity index (χ1n) is 5.97. The number of aliphatic hydroxyl groups is 1. The van der Waals surface area contributed by atoms with E-state index >= 15 is 0 Å². The zero-order valence-corrected chi connectivity index (χ0v) is 10.1. The van der Waals surface area contributed by atoms with Crippen LogP contribution in [0.25, 0.3) is 0 Å². The second-order valence-corrected chi connectivity index (χ2v) is 5.14. The van der Waals surface area contributed by atoms with E-state index in [1.54, 1.807) is 0 Å². The lowest BCUT2D eigenvalue weighted by Gasteiger charge is -2.28. The molecular weight excluding hydrogens is 218 g/mol. The van der Waals surface area contributed by atoms with Crippen LogP contribution in [0.1, 0.15) is 19.4 Å². The quantitative estimate of drug-likeness (QED) is 0.716. The molecule has 17 heavy (non-hydrogen) atoms. The molecule has 1 aromatic carbocycles. The minimum atomic E-state index is -0.632. The molecule has 1 atom stereocenters. The summed E-state index contributed by atoms with van der Waals surface area (Å²) in [5.74, 6) is 1.45. The summed E-state index contributed by atoms with van der Waals surface area (Å²) >= 11 is 0. The van der Waals surface area contributed by atoms with Crippen LogP contribution < -0.4 is 14.8 Å². The van der Waals surface area contributed by atoms with Crippen LogP contribution in [-0.4, -0.2) is 30.0 Å². The lowest BCUT2D eigenvalue weighted by Crippen LogP contribution is -2.43. The van der Waals surface area contributed by atoms with E-state index in [2.05, 4.69) is 11.4 Å². The summed E-state index contributed by atoms with van der Waals surface area (Å²) in [7, 11) is 0. The number of rotatable bonds is 0. The van der Waals surface area contributed by atoms with E-state index in [0.29, 0.717) is 5.75 Å². The van der Waals surface area contributed by atoms with Crippen molar-refractivity contribution in [2.24, 2.45) is 0 Å². The van der Waals surface area contributed by atoms with Gasteiger partial charge >= 0.3 is 0 Å². The molecule has 1 aromatic rings. The minimum absolute atomic E-state index is 0.262. The third-order valence-electron chi connectivity index (χ3n) is 3.47. The highest BCUT2D eigenvalue weighted by atomic mass is 16.6. The lowest BCUT2D eigenvalue weighted by molar-refractivity contribution is -0.0351. The van der Waals surface area contributed by atoms with Gasteiger partial charge in [0, 0.05) is 6.54 Å². The van der Waals surface area contributed by atoms with Crippen molar-refractivity contribution in [3.63, 3.8) is 0 Å². The average molecular weight is 235 g/mol. The van der Waals surface area contributed by atoms with Crippen LogP contribution in [0.4, 0.5) is 5.69 Å². The molecule has 0 aromatic heterocycles. The van der Waals surface area contributed by atoms with Gasteiger partial charge in [-0.2, -0.15) is 0 Å². The number of benzene rings is 1. The Morgan fingerprint density at radius 3 is 3.06 bits per heavy atom. The average Bonchev–Trinajstić information content (AvgIpc) is 2.70. The standard InChI is InChI=1S/C13H17NO3/c1-13(2)10(15)7-16-12-9(17-13)4-3-8-5-6-14-11(8)12/h3-4,10,14-15H,5-7H2,1-2H3. The summed E-state index contributed by atoms with van der Waals surface area (Å²) in [6.45, 7) is 4.94. The summed E-state index contributed by atoms with van der Waals surface area (Å²) in [6.07, 6.45) is 0.379. The van der Waals surface area contributed by atoms with Crippen LogP contribution in [-0.2, 0) is 6.42 Å². The van der Waals surface area contributed by atoms with Crippen molar-refractivity contribution in [2.45, 2.75) is 32.0 Å². The Hall–Kier alpha value is -1.42. The zero-order chi connectivity index (χ0) is 12.0. The molecule has 0 saturated heterocycles. The predicted molar refractivity (Wildman–Crippen MR) is 64.8 cm³/mol. The van der Waals surface area contributed by atoms with E-state index < -0.39 is 11.7 Å². The third kappa shape index (κ3) is 1.63. The molecular formula is C13H17NO3. The van der Waals surface area contributed by atoms with Crippen molar-refractivity contribution >= 4 is 5.69 Å². The Balaban J connectivity index is 2.07. The van der Waals surface area contributed by atoms with Crippen LogP contribution in [0, 0.1) is 0 Å². The van der Waals surface area contributed by atoms with Crippen molar-refractivity contribution in [3.8, 4) is 11.5 Å². The van der Waals surface area contributed by atoms with Crippen molar-refractivity contribution < 1.29 is 14.6 Å². The highest BCUT2D eigenvalue weighted by Gasteiger charge is 2.36. The van der Waals surface area contributed by atoms with E-state index in [4.69, 9.17) is 9.47 Å². The highest BCUT2D eigenvalue weighted by Crippen LogP contribution is 2.44.